The number of hydrogen-bond donors (Lipinski definition) is 2. The fourth-order valence-electron chi connectivity index (χ4n) is 2.01. The Morgan fingerprint density at radius 2 is 2.25 bits per heavy atom. The molecule has 2 aromatic heterocycles. The molecule has 7 nitrogen and oxygen atoms in total. The Hall–Kier alpha value is -2.52. The summed E-state index contributed by atoms with van der Waals surface area (Å²) in [7, 11) is 1.48. The number of halogens is 1. The smallest absolute Gasteiger partial charge is 0.216 e. The van der Waals surface area contributed by atoms with E-state index in [-0.39, 0.29) is 5.75 Å². The van der Waals surface area contributed by atoms with E-state index in [1.165, 1.54) is 11.8 Å². The summed E-state index contributed by atoms with van der Waals surface area (Å²) in [6.07, 6.45) is 3.26. The van der Waals surface area contributed by atoms with E-state index in [0.29, 0.717) is 32.1 Å². The van der Waals surface area contributed by atoms with Crippen LogP contribution in [0, 0.1) is 4.77 Å². The van der Waals surface area contributed by atoms with Gasteiger partial charge in [-0.2, -0.15) is 14.9 Å². The molecule has 3 aromatic rings. The number of aromatic nitrogens is 4. The van der Waals surface area contributed by atoms with Gasteiger partial charge in [-0.15, -0.1) is 0 Å². The number of nitrogens with one attached hydrogen (secondary N) is 1. The standard InChI is InChI=1S/C15H12BrN5O2S/c1-23-12-7-9(6-10(16)13(12)22)8-18-21-14(19-20-15(21)24)11-4-2-3-5-17-11/h2-8,22H,1H3,(H,20,24)/b18-8-. The van der Waals surface area contributed by atoms with E-state index in [0.717, 1.165) is 0 Å². The van der Waals surface area contributed by atoms with Crippen molar-refractivity contribution >= 4 is 34.4 Å². The molecule has 0 aliphatic carbocycles. The number of benzene rings is 1. The van der Waals surface area contributed by atoms with Gasteiger partial charge in [-0.25, -0.2) is 5.10 Å². The van der Waals surface area contributed by atoms with E-state index >= 15 is 0 Å². The number of phenols is 1. The number of phenolic OH excluding ortho intramolecular Hbond substituents is 1. The number of nitrogens with zero attached hydrogens (tertiary/aromatic N) is 4. The predicted octanol–water partition coefficient (Wildman–Crippen LogP) is 3.36. The minimum atomic E-state index is 0.0312. The van der Waals surface area contributed by atoms with Crippen LogP contribution in [0.4, 0.5) is 0 Å². The van der Waals surface area contributed by atoms with Gasteiger partial charge in [0.2, 0.25) is 10.6 Å². The molecule has 0 amide bonds. The first-order valence-electron chi connectivity index (χ1n) is 6.80. The van der Waals surface area contributed by atoms with E-state index in [9.17, 15) is 5.11 Å². The van der Waals surface area contributed by atoms with Gasteiger partial charge in [-0.05, 0) is 58.0 Å². The average molecular weight is 406 g/mol. The third kappa shape index (κ3) is 3.22. The summed E-state index contributed by atoms with van der Waals surface area (Å²) in [5.74, 6) is 0.872. The Morgan fingerprint density at radius 3 is 2.96 bits per heavy atom. The molecule has 122 valence electrons. The molecule has 9 heteroatoms. The van der Waals surface area contributed by atoms with Gasteiger partial charge in [0.15, 0.2) is 11.5 Å². The topological polar surface area (TPSA) is 88.3 Å². The SMILES string of the molecule is COc1cc(/C=N\n2c(-c3ccccn3)n[nH]c2=S)cc(Br)c1O. The van der Waals surface area contributed by atoms with Crippen LogP contribution in [0.25, 0.3) is 11.5 Å². The first-order valence-corrected chi connectivity index (χ1v) is 8.00. The summed E-state index contributed by atoms with van der Waals surface area (Å²) >= 11 is 8.49. The van der Waals surface area contributed by atoms with E-state index < -0.39 is 0 Å². The van der Waals surface area contributed by atoms with Crippen LogP contribution >= 0.6 is 28.1 Å². The highest BCUT2D eigenvalue weighted by Crippen LogP contribution is 2.34. The molecule has 0 unspecified atom stereocenters. The highest BCUT2D eigenvalue weighted by molar-refractivity contribution is 9.10. The van der Waals surface area contributed by atoms with Crippen molar-refractivity contribution in [1.29, 1.82) is 0 Å². The Kier molecular flexibility index (Phi) is 4.72. The van der Waals surface area contributed by atoms with Gasteiger partial charge in [-0.3, -0.25) is 4.98 Å². The summed E-state index contributed by atoms with van der Waals surface area (Å²) in [4.78, 5) is 4.25. The van der Waals surface area contributed by atoms with Gasteiger partial charge in [0, 0.05) is 6.20 Å². The lowest BCUT2D eigenvalue weighted by Gasteiger charge is -2.06. The lowest BCUT2D eigenvalue weighted by molar-refractivity contribution is 0.372. The molecule has 24 heavy (non-hydrogen) atoms. The number of rotatable bonds is 4. The van der Waals surface area contributed by atoms with E-state index in [4.69, 9.17) is 17.0 Å². The zero-order valence-electron chi connectivity index (χ0n) is 12.5. The van der Waals surface area contributed by atoms with Gasteiger partial charge in [0.1, 0.15) is 5.69 Å². The van der Waals surface area contributed by atoms with Gasteiger partial charge < -0.3 is 9.84 Å². The first kappa shape index (κ1) is 16.3. The fourth-order valence-corrected chi connectivity index (χ4v) is 2.65. The molecule has 0 bridgehead atoms. The largest absolute Gasteiger partial charge is 0.503 e. The van der Waals surface area contributed by atoms with Crippen molar-refractivity contribution in [2.75, 3.05) is 7.11 Å². The Balaban J connectivity index is 2.01. The minimum absolute atomic E-state index is 0.0312. The molecular weight excluding hydrogens is 394 g/mol. The van der Waals surface area contributed by atoms with Crippen molar-refractivity contribution in [1.82, 2.24) is 19.9 Å². The van der Waals surface area contributed by atoms with Crippen LogP contribution in [0.2, 0.25) is 0 Å². The van der Waals surface area contributed by atoms with Crippen molar-refractivity contribution in [2.24, 2.45) is 5.10 Å². The molecule has 0 spiro atoms. The van der Waals surface area contributed by atoms with Crippen molar-refractivity contribution in [3.63, 3.8) is 0 Å². The maximum Gasteiger partial charge on any atom is 0.216 e. The second-order valence-electron chi connectivity index (χ2n) is 4.68. The fraction of sp³-hybridized carbons (Fsp3) is 0.0667. The lowest BCUT2D eigenvalue weighted by atomic mass is 10.2. The number of ether oxygens (including phenoxy) is 1. The monoisotopic (exact) mass is 405 g/mol. The number of aromatic amines is 1. The van der Waals surface area contributed by atoms with Crippen LogP contribution in [-0.4, -0.2) is 38.3 Å². The van der Waals surface area contributed by atoms with Crippen LogP contribution in [0.1, 0.15) is 5.56 Å². The van der Waals surface area contributed by atoms with E-state index in [2.05, 4.69) is 36.2 Å². The Labute approximate surface area is 150 Å². The molecule has 0 radical (unpaired) electrons. The molecular formula is C15H12BrN5O2S. The maximum atomic E-state index is 9.85. The number of aromatic hydroxyl groups is 1. The Morgan fingerprint density at radius 1 is 1.42 bits per heavy atom. The van der Waals surface area contributed by atoms with E-state index in [1.54, 1.807) is 24.5 Å². The lowest BCUT2D eigenvalue weighted by Crippen LogP contribution is -1.97. The molecule has 3 rings (SSSR count). The predicted molar refractivity (Wildman–Crippen MR) is 96.0 cm³/mol. The van der Waals surface area contributed by atoms with Crippen LogP contribution in [0.5, 0.6) is 11.5 Å². The number of methoxy groups -OCH3 is 1. The number of hydrogen-bond acceptors (Lipinski definition) is 6. The molecule has 0 aliphatic heterocycles. The van der Waals surface area contributed by atoms with Gasteiger partial charge in [0.05, 0.1) is 17.8 Å². The summed E-state index contributed by atoms with van der Waals surface area (Å²) in [6.45, 7) is 0. The highest BCUT2D eigenvalue weighted by Gasteiger charge is 2.10. The first-order chi connectivity index (χ1) is 11.6. The van der Waals surface area contributed by atoms with Crippen LogP contribution in [-0.2, 0) is 0 Å². The van der Waals surface area contributed by atoms with Gasteiger partial charge >= 0.3 is 0 Å². The quantitative estimate of drug-likeness (QED) is 0.513. The minimum Gasteiger partial charge on any atom is -0.503 e. The second-order valence-corrected chi connectivity index (χ2v) is 5.92. The number of pyridine rings is 1. The van der Waals surface area contributed by atoms with Gasteiger partial charge in [-0.1, -0.05) is 6.07 Å². The normalized spacial score (nSPS) is 11.1. The molecule has 1 aromatic carbocycles. The molecule has 2 heterocycles. The summed E-state index contributed by atoms with van der Waals surface area (Å²) in [5, 5.41) is 21.1. The molecule has 0 saturated heterocycles. The summed E-state index contributed by atoms with van der Waals surface area (Å²) in [5.41, 5.74) is 1.36. The van der Waals surface area contributed by atoms with Crippen molar-refractivity contribution in [3.8, 4) is 23.0 Å². The van der Waals surface area contributed by atoms with Crippen LogP contribution in [0.3, 0.4) is 0 Å². The van der Waals surface area contributed by atoms with Gasteiger partial charge in [0.25, 0.3) is 0 Å². The van der Waals surface area contributed by atoms with Crippen molar-refractivity contribution in [3.05, 3.63) is 51.3 Å². The average Bonchev–Trinajstić information content (AvgIpc) is 2.97. The summed E-state index contributed by atoms with van der Waals surface area (Å²) < 4.78 is 7.45. The molecule has 0 atom stereocenters. The Bertz CT molecular complexity index is 952. The highest BCUT2D eigenvalue weighted by atomic mass is 79.9. The zero-order chi connectivity index (χ0) is 17.1. The zero-order valence-corrected chi connectivity index (χ0v) is 14.9. The molecule has 2 N–H and O–H groups in total. The van der Waals surface area contributed by atoms with Crippen molar-refractivity contribution in [2.45, 2.75) is 0 Å². The summed E-state index contributed by atoms with van der Waals surface area (Å²) in [6, 6.07) is 8.87. The third-order valence-corrected chi connectivity index (χ3v) is 4.01. The third-order valence-electron chi connectivity index (χ3n) is 3.14. The molecule has 0 aliphatic rings. The van der Waals surface area contributed by atoms with Crippen LogP contribution in [0.15, 0.2) is 46.1 Å². The van der Waals surface area contributed by atoms with E-state index in [1.807, 2.05) is 18.2 Å². The van der Waals surface area contributed by atoms with Crippen LogP contribution < -0.4 is 4.74 Å². The second kappa shape index (κ2) is 6.93. The maximum absolute atomic E-state index is 9.85. The molecule has 0 fully saturated rings. The molecule has 0 saturated carbocycles. The number of H-pyrrole nitrogens is 1. The van der Waals surface area contributed by atoms with Crippen molar-refractivity contribution < 1.29 is 9.84 Å².